The van der Waals surface area contributed by atoms with Crippen LogP contribution in [0.1, 0.15) is 28.7 Å². The molecule has 0 saturated carbocycles. The summed E-state index contributed by atoms with van der Waals surface area (Å²) < 4.78 is 102. The van der Waals surface area contributed by atoms with Crippen LogP contribution in [0.5, 0.6) is 5.75 Å². The van der Waals surface area contributed by atoms with Crippen LogP contribution >= 0.6 is 0 Å². The summed E-state index contributed by atoms with van der Waals surface area (Å²) in [6.45, 7) is 3.70. The summed E-state index contributed by atoms with van der Waals surface area (Å²) in [4.78, 5) is 0. The van der Waals surface area contributed by atoms with Gasteiger partial charge in [-0.2, -0.15) is 8.78 Å². The number of ether oxygens (including phenoxy) is 1. The lowest BCUT2D eigenvalue weighted by atomic mass is 10.0. The smallest absolute Gasteiger partial charge is 0.429 e. The molecule has 0 aliphatic rings. The number of alkyl halides is 2. The Balaban J connectivity index is 1.52. The lowest BCUT2D eigenvalue weighted by Gasteiger charge is -2.20. The van der Waals surface area contributed by atoms with Gasteiger partial charge in [-0.15, -0.1) is 6.58 Å². The highest BCUT2D eigenvalue weighted by atomic mass is 19.3. The lowest BCUT2D eigenvalue weighted by molar-refractivity contribution is -0.189. The third kappa shape index (κ3) is 6.50. The maximum Gasteiger partial charge on any atom is 0.432 e. The van der Waals surface area contributed by atoms with Crippen molar-refractivity contribution in [1.29, 1.82) is 0 Å². The molecular weight excluding hydrogens is 521 g/mol. The third-order valence-corrected chi connectivity index (χ3v) is 5.70. The molecule has 0 saturated heterocycles. The Morgan fingerprint density at radius 1 is 0.692 bits per heavy atom. The van der Waals surface area contributed by atoms with Gasteiger partial charge in [-0.05, 0) is 65.9 Å². The molecule has 39 heavy (non-hydrogen) atoms. The van der Waals surface area contributed by atoms with E-state index < -0.39 is 46.5 Å². The minimum absolute atomic E-state index is 0.0435. The predicted molar refractivity (Wildman–Crippen MR) is 134 cm³/mol. The summed E-state index contributed by atoms with van der Waals surface area (Å²) in [7, 11) is 0. The maximum atomic E-state index is 14.7. The van der Waals surface area contributed by atoms with Crippen molar-refractivity contribution in [2.45, 2.75) is 19.0 Å². The van der Waals surface area contributed by atoms with Crippen molar-refractivity contribution in [3.63, 3.8) is 0 Å². The van der Waals surface area contributed by atoms with Crippen LogP contribution in [0.15, 0.2) is 85.5 Å². The molecule has 0 spiro atoms. The van der Waals surface area contributed by atoms with Gasteiger partial charge in [0, 0.05) is 23.3 Å². The Hall–Kier alpha value is -4.51. The highest BCUT2D eigenvalue weighted by Crippen LogP contribution is 2.37. The first-order chi connectivity index (χ1) is 18.6. The van der Waals surface area contributed by atoms with Crippen molar-refractivity contribution in [3.05, 3.63) is 137 Å². The summed E-state index contributed by atoms with van der Waals surface area (Å²) in [5, 5.41) is 0. The van der Waals surface area contributed by atoms with Gasteiger partial charge in [0.1, 0.15) is 22.9 Å². The van der Waals surface area contributed by atoms with Crippen LogP contribution in [-0.4, -0.2) is 0 Å². The molecule has 4 aromatic rings. The van der Waals surface area contributed by atoms with Crippen LogP contribution in [-0.2, 0) is 12.5 Å². The average Bonchev–Trinajstić information content (AvgIpc) is 2.89. The second-order valence-corrected chi connectivity index (χ2v) is 8.49. The van der Waals surface area contributed by atoms with Gasteiger partial charge in [-0.3, -0.25) is 0 Å². The standard InChI is InChI=1S/C31H19F7O/c1-2-3-4-19-5-7-20(8-6-19)9-10-21-11-13-22(14-12-21)23-15-25(32)29(26(33)16-23)31(37,38)39-24-17-27(34)30(36)28(35)18-24/h2,5-8,11-18H,1,3-4H2. The number of aryl methyl sites for hydroxylation is 1. The number of hydrogen-bond donors (Lipinski definition) is 0. The van der Waals surface area contributed by atoms with Crippen LogP contribution in [0.3, 0.4) is 0 Å². The molecule has 0 atom stereocenters. The quantitative estimate of drug-likeness (QED) is 0.0986. The second kappa shape index (κ2) is 11.5. The predicted octanol–water partition coefficient (Wildman–Crippen LogP) is 8.70. The Bertz CT molecular complexity index is 1520. The number of benzene rings is 4. The van der Waals surface area contributed by atoms with Gasteiger partial charge in [0.15, 0.2) is 17.5 Å². The van der Waals surface area contributed by atoms with E-state index in [1.54, 1.807) is 12.1 Å². The molecule has 0 unspecified atom stereocenters. The Labute approximate surface area is 220 Å². The van der Waals surface area contributed by atoms with Crippen LogP contribution < -0.4 is 4.74 Å². The number of halogens is 7. The maximum absolute atomic E-state index is 14.7. The zero-order valence-corrected chi connectivity index (χ0v) is 20.2. The summed E-state index contributed by atoms with van der Waals surface area (Å²) in [6.07, 6.45) is -1.05. The number of hydrogen-bond acceptors (Lipinski definition) is 1. The fourth-order valence-electron chi connectivity index (χ4n) is 3.72. The van der Waals surface area contributed by atoms with Crippen molar-refractivity contribution in [3.8, 4) is 28.7 Å². The van der Waals surface area contributed by atoms with Crippen LogP contribution in [0, 0.1) is 40.9 Å². The van der Waals surface area contributed by atoms with Crippen molar-refractivity contribution in [2.24, 2.45) is 0 Å². The molecule has 0 radical (unpaired) electrons. The molecule has 0 aliphatic heterocycles. The topological polar surface area (TPSA) is 9.23 Å². The molecule has 0 bridgehead atoms. The molecule has 0 amide bonds. The molecule has 8 heteroatoms. The summed E-state index contributed by atoms with van der Waals surface area (Å²) in [6, 6.07) is 15.7. The molecule has 1 nitrogen and oxygen atoms in total. The van der Waals surface area contributed by atoms with Crippen LogP contribution in [0.2, 0.25) is 0 Å². The zero-order valence-electron chi connectivity index (χ0n) is 20.2. The zero-order chi connectivity index (χ0) is 28.2. The van der Waals surface area contributed by atoms with Crippen LogP contribution in [0.4, 0.5) is 30.7 Å². The summed E-state index contributed by atoms with van der Waals surface area (Å²) in [5.74, 6) is -3.97. The van der Waals surface area contributed by atoms with Crippen molar-refractivity contribution < 1.29 is 35.5 Å². The van der Waals surface area contributed by atoms with E-state index in [2.05, 4.69) is 23.2 Å². The molecule has 4 rings (SSSR count). The molecule has 4 aromatic carbocycles. The monoisotopic (exact) mass is 540 g/mol. The van der Waals surface area contributed by atoms with Gasteiger partial charge in [0.25, 0.3) is 0 Å². The Morgan fingerprint density at radius 2 is 1.21 bits per heavy atom. The molecule has 0 heterocycles. The van der Waals surface area contributed by atoms with E-state index in [1.165, 1.54) is 12.1 Å². The highest BCUT2D eigenvalue weighted by molar-refractivity contribution is 5.65. The Kier molecular flexibility index (Phi) is 8.10. The molecule has 0 N–H and O–H groups in total. The minimum atomic E-state index is -4.66. The van der Waals surface area contributed by atoms with Crippen LogP contribution in [0.25, 0.3) is 11.1 Å². The minimum Gasteiger partial charge on any atom is -0.429 e. The fraction of sp³-hybridized carbons (Fsp3) is 0.0968. The van der Waals surface area contributed by atoms with E-state index in [0.717, 1.165) is 24.0 Å². The third-order valence-electron chi connectivity index (χ3n) is 5.70. The number of rotatable bonds is 7. The van der Waals surface area contributed by atoms with E-state index >= 15 is 0 Å². The van der Waals surface area contributed by atoms with Gasteiger partial charge >= 0.3 is 6.11 Å². The van der Waals surface area contributed by atoms with E-state index in [-0.39, 0.29) is 17.7 Å². The SMILES string of the molecule is C=CCCc1ccc(C#Cc2ccc(-c3cc(F)c(C(F)(F)Oc4cc(F)c(F)c(F)c4)c(F)c3)cc2)cc1. The largest absolute Gasteiger partial charge is 0.432 e. The van der Waals surface area contributed by atoms with E-state index in [9.17, 15) is 30.7 Å². The van der Waals surface area contributed by atoms with E-state index in [1.807, 2.05) is 30.3 Å². The van der Waals surface area contributed by atoms with Gasteiger partial charge < -0.3 is 4.74 Å². The van der Waals surface area contributed by atoms with Gasteiger partial charge in [-0.1, -0.05) is 42.2 Å². The molecule has 0 fully saturated rings. The summed E-state index contributed by atoms with van der Waals surface area (Å²) >= 11 is 0. The molecule has 0 aromatic heterocycles. The molecule has 198 valence electrons. The normalized spacial score (nSPS) is 11.1. The lowest BCUT2D eigenvalue weighted by Crippen LogP contribution is -2.25. The summed E-state index contributed by atoms with van der Waals surface area (Å²) in [5.41, 5.74) is 1.09. The first-order valence-corrected chi connectivity index (χ1v) is 11.6. The van der Waals surface area contributed by atoms with Crippen molar-refractivity contribution in [2.75, 3.05) is 0 Å². The first kappa shape index (κ1) is 27.5. The van der Waals surface area contributed by atoms with E-state index in [0.29, 0.717) is 23.3 Å². The van der Waals surface area contributed by atoms with Gasteiger partial charge in [0.05, 0.1) is 0 Å². The van der Waals surface area contributed by atoms with Gasteiger partial charge in [0.2, 0.25) is 0 Å². The highest BCUT2D eigenvalue weighted by Gasteiger charge is 2.41. The van der Waals surface area contributed by atoms with Crippen molar-refractivity contribution in [1.82, 2.24) is 0 Å². The Morgan fingerprint density at radius 3 is 1.72 bits per heavy atom. The fourth-order valence-corrected chi connectivity index (χ4v) is 3.72. The van der Waals surface area contributed by atoms with E-state index in [4.69, 9.17) is 0 Å². The van der Waals surface area contributed by atoms with Gasteiger partial charge in [-0.25, -0.2) is 22.0 Å². The van der Waals surface area contributed by atoms with Crippen molar-refractivity contribution >= 4 is 0 Å². The number of allylic oxidation sites excluding steroid dienone is 1. The first-order valence-electron chi connectivity index (χ1n) is 11.6. The second-order valence-electron chi connectivity index (χ2n) is 8.49. The average molecular weight is 540 g/mol. The molecule has 0 aliphatic carbocycles. The molecular formula is C31H19F7O.